The summed E-state index contributed by atoms with van der Waals surface area (Å²) >= 11 is 9.17. The largest absolute Gasteiger partial charge is 0.497 e. The van der Waals surface area contributed by atoms with Crippen LogP contribution in [-0.4, -0.2) is 31.1 Å². The average molecular weight is 531 g/mol. The summed E-state index contributed by atoms with van der Waals surface area (Å²) in [6, 6.07) is 17.6. The van der Waals surface area contributed by atoms with Crippen LogP contribution in [0.5, 0.6) is 11.5 Å². The predicted molar refractivity (Wildman–Crippen MR) is 128 cm³/mol. The highest BCUT2D eigenvalue weighted by Crippen LogP contribution is 2.23. The lowest BCUT2D eigenvalue weighted by Crippen LogP contribution is -2.32. The van der Waals surface area contributed by atoms with Crippen LogP contribution in [0.3, 0.4) is 0 Å². The van der Waals surface area contributed by atoms with E-state index in [-0.39, 0.29) is 5.75 Å². The topological polar surface area (TPSA) is 106 Å². The number of rotatable bonds is 6. The number of ether oxygens (including phenoxy) is 2. The van der Waals surface area contributed by atoms with Gasteiger partial charge >= 0.3 is 17.8 Å². The second kappa shape index (κ2) is 11.3. The molecule has 0 fully saturated rings. The summed E-state index contributed by atoms with van der Waals surface area (Å²) in [4.78, 5) is 36.5. The van der Waals surface area contributed by atoms with Crippen LogP contribution in [0.1, 0.15) is 15.9 Å². The number of halogens is 2. The fourth-order valence-corrected chi connectivity index (χ4v) is 3.04. The molecule has 0 unspecified atom stereocenters. The van der Waals surface area contributed by atoms with Crippen molar-refractivity contribution in [2.45, 2.75) is 0 Å². The highest BCUT2D eigenvalue weighted by molar-refractivity contribution is 9.10. The van der Waals surface area contributed by atoms with Crippen LogP contribution in [0.4, 0.5) is 5.69 Å². The van der Waals surface area contributed by atoms with Crippen LogP contribution < -0.4 is 20.2 Å². The zero-order valence-corrected chi connectivity index (χ0v) is 19.5. The van der Waals surface area contributed by atoms with Crippen molar-refractivity contribution < 1.29 is 23.9 Å². The van der Waals surface area contributed by atoms with Gasteiger partial charge in [-0.2, -0.15) is 5.10 Å². The third kappa shape index (κ3) is 6.90. The molecule has 10 heteroatoms. The van der Waals surface area contributed by atoms with Gasteiger partial charge < -0.3 is 14.8 Å². The zero-order valence-electron chi connectivity index (χ0n) is 17.2. The lowest BCUT2D eigenvalue weighted by atomic mass is 10.2. The number of anilines is 1. The van der Waals surface area contributed by atoms with Gasteiger partial charge in [0.15, 0.2) is 0 Å². The highest BCUT2D eigenvalue weighted by atomic mass is 79.9. The Balaban J connectivity index is 1.64. The fourth-order valence-electron chi connectivity index (χ4n) is 2.53. The van der Waals surface area contributed by atoms with Gasteiger partial charge in [-0.1, -0.05) is 27.5 Å². The Kier molecular flexibility index (Phi) is 8.17. The van der Waals surface area contributed by atoms with E-state index in [1.165, 1.54) is 13.3 Å². The summed E-state index contributed by atoms with van der Waals surface area (Å²) in [6.45, 7) is 0. The molecule has 168 valence electrons. The van der Waals surface area contributed by atoms with E-state index in [2.05, 4.69) is 31.8 Å². The molecule has 0 bridgehead atoms. The van der Waals surface area contributed by atoms with Crippen molar-refractivity contribution in [1.29, 1.82) is 0 Å². The average Bonchev–Trinajstić information content (AvgIpc) is 2.81. The van der Waals surface area contributed by atoms with Gasteiger partial charge in [0.2, 0.25) is 0 Å². The quantitative estimate of drug-likeness (QED) is 0.161. The normalized spacial score (nSPS) is 10.5. The number of carbonyl (C=O) groups is 3. The minimum Gasteiger partial charge on any atom is -0.497 e. The third-order valence-electron chi connectivity index (χ3n) is 4.18. The van der Waals surface area contributed by atoms with Crippen molar-refractivity contribution in [3.63, 3.8) is 0 Å². The van der Waals surface area contributed by atoms with Crippen molar-refractivity contribution in [2.24, 2.45) is 5.10 Å². The highest BCUT2D eigenvalue weighted by Gasteiger charge is 2.14. The number of benzene rings is 3. The van der Waals surface area contributed by atoms with E-state index in [9.17, 15) is 14.4 Å². The Morgan fingerprint density at radius 2 is 1.67 bits per heavy atom. The fraction of sp³-hybridized carbons (Fsp3) is 0.0435. The summed E-state index contributed by atoms with van der Waals surface area (Å²) in [5.74, 6) is -1.65. The Labute approximate surface area is 202 Å². The van der Waals surface area contributed by atoms with Gasteiger partial charge in [-0.05, 0) is 66.7 Å². The standard InChI is InChI=1S/C23H17BrClN3O5/c1-32-19-9-7-18(8-10-19)27-21(29)22(30)28-26-13-15-12-16(24)4-11-20(15)33-23(31)14-2-5-17(25)6-3-14/h2-13H,1H3,(H,27,29)(H,28,30)/b26-13+. The van der Waals surface area contributed by atoms with Crippen LogP contribution >= 0.6 is 27.5 Å². The van der Waals surface area contributed by atoms with Crippen molar-refractivity contribution >= 4 is 57.2 Å². The number of esters is 1. The van der Waals surface area contributed by atoms with Crippen molar-refractivity contribution in [3.8, 4) is 11.5 Å². The molecule has 0 atom stereocenters. The van der Waals surface area contributed by atoms with Gasteiger partial charge in [-0.3, -0.25) is 9.59 Å². The van der Waals surface area contributed by atoms with Crippen molar-refractivity contribution in [3.05, 3.63) is 87.4 Å². The zero-order chi connectivity index (χ0) is 23.8. The number of methoxy groups -OCH3 is 1. The first-order valence-electron chi connectivity index (χ1n) is 9.41. The molecule has 0 radical (unpaired) electrons. The van der Waals surface area contributed by atoms with Gasteiger partial charge in [-0.15, -0.1) is 0 Å². The minimum atomic E-state index is -0.975. The Morgan fingerprint density at radius 3 is 2.33 bits per heavy atom. The van der Waals surface area contributed by atoms with Crippen LogP contribution in [-0.2, 0) is 9.59 Å². The molecule has 0 aliphatic carbocycles. The van der Waals surface area contributed by atoms with Crippen molar-refractivity contribution in [2.75, 3.05) is 12.4 Å². The van der Waals surface area contributed by atoms with Crippen LogP contribution in [0.2, 0.25) is 5.02 Å². The van der Waals surface area contributed by atoms with E-state index in [0.717, 1.165) is 0 Å². The van der Waals surface area contributed by atoms with E-state index in [1.54, 1.807) is 66.7 Å². The molecular formula is C23H17BrClN3O5. The van der Waals surface area contributed by atoms with E-state index in [0.29, 0.717) is 32.1 Å². The van der Waals surface area contributed by atoms with E-state index >= 15 is 0 Å². The van der Waals surface area contributed by atoms with Crippen LogP contribution in [0, 0.1) is 0 Å². The van der Waals surface area contributed by atoms with E-state index in [4.69, 9.17) is 21.1 Å². The second-order valence-electron chi connectivity index (χ2n) is 6.46. The lowest BCUT2D eigenvalue weighted by molar-refractivity contribution is -0.136. The van der Waals surface area contributed by atoms with Gasteiger partial charge in [0.05, 0.1) is 18.9 Å². The molecule has 0 saturated heterocycles. The maximum Gasteiger partial charge on any atom is 0.343 e. The van der Waals surface area contributed by atoms with Crippen LogP contribution in [0.25, 0.3) is 0 Å². The molecule has 2 amide bonds. The first kappa shape index (κ1) is 24.0. The van der Waals surface area contributed by atoms with E-state index in [1.807, 2.05) is 0 Å². The SMILES string of the molecule is COc1ccc(NC(=O)C(=O)N/N=C/c2cc(Br)ccc2OC(=O)c2ccc(Cl)cc2)cc1. The Bertz CT molecular complexity index is 1200. The summed E-state index contributed by atoms with van der Waals surface area (Å²) in [7, 11) is 1.52. The second-order valence-corrected chi connectivity index (χ2v) is 7.81. The monoisotopic (exact) mass is 529 g/mol. The summed E-state index contributed by atoms with van der Waals surface area (Å²) < 4.78 is 11.2. The first-order valence-corrected chi connectivity index (χ1v) is 10.6. The maximum atomic E-state index is 12.4. The smallest absolute Gasteiger partial charge is 0.343 e. The Hall–Kier alpha value is -3.69. The molecule has 0 saturated carbocycles. The summed E-state index contributed by atoms with van der Waals surface area (Å²) in [5, 5.41) is 6.73. The Morgan fingerprint density at radius 1 is 0.970 bits per heavy atom. The molecule has 0 aromatic heterocycles. The molecule has 33 heavy (non-hydrogen) atoms. The van der Waals surface area contributed by atoms with E-state index < -0.39 is 17.8 Å². The number of carbonyl (C=O) groups excluding carboxylic acids is 3. The number of nitrogens with one attached hydrogen (secondary N) is 2. The number of hydrogen-bond donors (Lipinski definition) is 2. The predicted octanol–water partition coefficient (Wildman–Crippen LogP) is 4.42. The molecule has 0 aliphatic rings. The molecule has 0 heterocycles. The first-order chi connectivity index (χ1) is 15.9. The molecule has 2 N–H and O–H groups in total. The molecule has 3 rings (SSSR count). The van der Waals surface area contributed by atoms with Crippen molar-refractivity contribution in [1.82, 2.24) is 5.43 Å². The van der Waals surface area contributed by atoms with Gasteiger partial charge in [0, 0.05) is 20.7 Å². The number of amides is 2. The number of hydrogen-bond acceptors (Lipinski definition) is 6. The minimum absolute atomic E-state index is 0.207. The van der Waals surface area contributed by atoms with Gasteiger partial charge in [0.25, 0.3) is 0 Å². The van der Waals surface area contributed by atoms with Crippen LogP contribution in [0.15, 0.2) is 76.3 Å². The van der Waals surface area contributed by atoms with Gasteiger partial charge in [-0.25, -0.2) is 10.2 Å². The molecule has 0 spiro atoms. The number of nitrogens with zero attached hydrogens (tertiary/aromatic N) is 1. The van der Waals surface area contributed by atoms with Gasteiger partial charge in [0.1, 0.15) is 11.5 Å². The third-order valence-corrected chi connectivity index (χ3v) is 4.92. The lowest BCUT2D eigenvalue weighted by Gasteiger charge is -2.08. The molecule has 0 aliphatic heterocycles. The molecule has 3 aromatic carbocycles. The summed E-state index contributed by atoms with van der Waals surface area (Å²) in [5.41, 5.74) is 3.26. The summed E-state index contributed by atoms with van der Waals surface area (Å²) in [6.07, 6.45) is 1.26. The molecular weight excluding hydrogens is 514 g/mol. The number of hydrazone groups is 1. The molecule has 8 nitrogen and oxygen atoms in total. The molecule has 3 aromatic rings. The maximum absolute atomic E-state index is 12.4.